The zero-order valence-corrected chi connectivity index (χ0v) is 19.8. The molecule has 0 fully saturated rings. The molecule has 2 aromatic carbocycles. The van der Waals surface area contributed by atoms with E-state index in [-0.39, 0.29) is 17.9 Å². The first-order chi connectivity index (χ1) is 14.2. The van der Waals surface area contributed by atoms with Gasteiger partial charge in [0, 0.05) is 18.3 Å². The van der Waals surface area contributed by atoms with E-state index in [2.05, 4.69) is 37.4 Å². The molecule has 0 radical (unpaired) electrons. The lowest BCUT2D eigenvalue weighted by atomic mass is 10.1. The number of carbonyl (C=O) groups excluding carboxylic acids is 2. The molecule has 0 heterocycles. The van der Waals surface area contributed by atoms with Crippen LogP contribution in [0, 0.1) is 20.8 Å². The van der Waals surface area contributed by atoms with E-state index in [9.17, 15) is 9.59 Å². The molecule has 2 amide bonds. The molecule has 0 saturated heterocycles. The SMILES string of the molecule is Cc1ccc(CN(C(=O)CSCc2cc(C)cc(C)c2)[C@H](C)C(=O)NC(C)C)cc1. The molecular weight excluding hydrogens is 392 g/mol. The first-order valence-electron chi connectivity index (χ1n) is 10.5. The number of aryl methyl sites for hydroxylation is 3. The topological polar surface area (TPSA) is 49.4 Å². The van der Waals surface area contributed by atoms with Gasteiger partial charge in [-0.2, -0.15) is 0 Å². The Balaban J connectivity index is 2.08. The van der Waals surface area contributed by atoms with Crippen molar-refractivity contribution in [1.29, 1.82) is 0 Å². The fourth-order valence-electron chi connectivity index (χ4n) is 3.37. The lowest BCUT2D eigenvalue weighted by molar-refractivity contribution is -0.138. The number of carbonyl (C=O) groups is 2. The summed E-state index contributed by atoms with van der Waals surface area (Å²) in [6.07, 6.45) is 0. The molecule has 5 heteroatoms. The van der Waals surface area contributed by atoms with Gasteiger partial charge in [-0.05, 0) is 52.7 Å². The van der Waals surface area contributed by atoms with Gasteiger partial charge >= 0.3 is 0 Å². The van der Waals surface area contributed by atoms with Crippen molar-refractivity contribution in [3.05, 3.63) is 70.3 Å². The predicted molar refractivity (Wildman–Crippen MR) is 127 cm³/mol. The van der Waals surface area contributed by atoms with Gasteiger partial charge in [-0.15, -0.1) is 11.8 Å². The molecule has 1 N–H and O–H groups in total. The largest absolute Gasteiger partial charge is 0.352 e. The lowest BCUT2D eigenvalue weighted by Gasteiger charge is -2.29. The molecule has 0 saturated carbocycles. The van der Waals surface area contributed by atoms with Crippen molar-refractivity contribution >= 4 is 23.6 Å². The minimum atomic E-state index is -0.525. The first-order valence-corrected chi connectivity index (χ1v) is 11.6. The maximum atomic E-state index is 13.1. The summed E-state index contributed by atoms with van der Waals surface area (Å²) in [7, 11) is 0. The second-order valence-corrected chi connectivity index (χ2v) is 9.32. The van der Waals surface area contributed by atoms with Gasteiger partial charge in [-0.25, -0.2) is 0 Å². The first kappa shape index (κ1) is 24.0. The summed E-state index contributed by atoms with van der Waals surface area (Å²) in [5.74, 6) is 0.985. The number of hydrogen-bond acceptors (Lipinski definition) is 3. The molecule has 0 aliphatic carbocycles. The van der Waals surface area contributed by atoms with Gasteiger partial charge in [0.2, 0.25) is 11.8 Å². The van der Waals surface area contributed by atoms with E-state index in [4.69, 9.17) is 0 Å². The second-order valence-electron chi connectivity index (χ2n) is 8.34. The van der Waals surface area contributed by atoms with Crippen LogP contribution in [-0.2, 0) is 21.9 Å². The average molecular weight is 427 g/mol. The van der Waals surface area contributed by atoms with E-state index in [0.717, 1.165) is 11.3 Å². The normalized spacial score (nSPS) is 12.0. The summed E-state index contributed by atoms with van der Waals surface area (Å²) in [4.78, 5) is 27.4. The molecular formula is C25H34N2O2S. The number of amides is 2. The maximum absolute atomic E-state index is 13.1. The Kier molecular flexibility index (Phi) is 8.97. The van der Waals surface area contributed by atoms with Gasteiger partial charge in [0.15, 0.2) is 0 Å². The van der Waals surface area contributed by atoms with Crippen LogP contribution in [0.3, 0.4) is 0 Å². The van der Waals surface area contributed by atoms with Crippen LogP contribution in [0.2, 0.25) is 0 Å². The molecule has 0 aliphatic heterocycles. The highest BCUT2D eigenvalue weighted by Crippen LogP contribution is 2.18. The van der Waals surface area contributed by atoms with Gasteiger partial charge in [-0.3, -0.25) is 9.59 Å². The lowest BCUT2D eigenvalue weighted by Crippen LogP contribution is -2.49. The Bertz CT molecular complexity index is 842. The van der Waals surface area contributed by atoms with Crippen LogP contribution >= 0.6 is 11.8 Å². The molecule has 0 aliphatic rings. The third-order valence-corrected chi connectivity index (χ3v) is 5.84. The highest BCUT2D eigenvalue weighted by molar-refractivity contribution is 7.99. The van der Waals surface area contributed by atoms with E-state index in [0.29, 0.717) is 12.3 Å². The van der Waals surface area contributed by atoms with E-state index < -0.39 is 6.04 Å². The zero-order chi connectivity index (χ0) is 22.3. The average Bonchev–Trinajstić information content (AvgIpc) is 2.65. The van der Waals surface area contributed by atoms with Crippen LogP contribution in [0.5, 0.6) is 0 Å². The van der Waals surface area contributed by atoms with Gasteiger partial charge in [0.1, 0.15) is 6.04 Å². The number of thioether (sulfide) groups is 1. The van der Waals surface area contributed by atoms with Gasteiger partial charge in [0.05, 0.1) is 5.75 Å². The summed E-state index contributed by atoms with van der Waals surface area (Å²) in [6, 6.07) is 14.1. The summed E-state index contributed by atoms with van der Waals surface area (Å²) in [5, 5.41) is 2.93. The van der Waals surface area contributed by atoms with Crippen LogP contribution in [0.25, 0.3) is 0 Å². The van der Waals surface area contributed by atoms with Gasteiger partial charge < -0.3 is 10.2 Å². The zero-order valence-electron chi connectivity index (χ0n) is 19.0. The highest BCUT2D eigenvalue weighted by atomic mass is 32.2. The third-order valence-electron chi connectivity index (χ3n) is 4.85. The molecule has 0 bridgehead atoms. The Labute approximate surface area is 185 Å². The monoisotopic (exact) mass is 426 g/mol. The maximum Gasteiger partial charge on any atom is 0.242 e. The Morgan fingerprint density at radius 1 is 0.900 bits per heavy atom. The number of benzene rings is 2. The van der Waals surface area contributed by atoms with Gasteiger partial charge in [0.25, 0.3) is 0 Å². The number of rotatable bonds is 9. The molecule has 30 heavy (non-hydrogen) atoms. The predicted octanol–water partition coefficient (Wildman–Crippen LogP) is 4.79. The molecule has 4 nitrogen and oxygen atoms in total. The summed E-state index contributed by atoms with van der Waals surface area (Å²) < 4.78 is 0. The van der Waals surface area contributed by atoms with Crippen molar-refractivity contribution < 1.29 is 9.59 Å². The van der Waals surface area contributed by atoms with E-state index >= 15 is 0 Å². The van der Waals surface area contributed by atoms with Crippen LogP contribution in [-0.4, -0.2) is 34.6 Å². The Morgan fingerprint density at radius 2 is 1.50 bits per heavy atom. The van der Waals surface area contributed by atoms with Crippen molar-refractivity contribution in [2.75, 3.05) is 5.75 Å². The Hall–Kier alpha value is -2.27. The number of hydrogen-bond donors (Lipinski definition) is 1. The van der Waals surface area contributed by atoms with E-state index in [1.54, 1.807) is 23.6 Å². The van der Waals surface area contributed by atoms with E-state index in [1.807, 2.05) is 45.0 Å². The molecule has 2 aromatic rings. The smallest absolute Gasteiger partial charge is 0.242 e. The van der Waals surface area contributed by atoms with Crippen LogP contribution in [0.1, 0.15) is 48.6 Å². The molecule has 0 aromatic heterocycles. The second kappa shape index (κ2) is 11.2. The van der Waals surface area contributed by atoms with Crippen molar-refractivity contribution in [2.24, 2.45) is 0 Å². The molecule has 2 rings (SSSR count). The standard InChI is InChI=1S/C25H34N2O2S/c1-17(2)26-25(29)21(6)27(14-22-9-7-18(3)8-10-22)24(28)16-30-15-23-12-19(4)11-20(5)13-23/h7-13,17,21H,14-16H2,1-6H3,(H,26,29)/t21-/m1/s1. The highest BCUT2D eigenvalue weighted by Gasteiger charge is 2.26. The summed E-state index contributed by atoms with van der Waals surface area (Å²) in [6.45, 7) is 12.3. The Morgan fingerprint density at radius 3 is 2.07 bits per heavy atom. The van der Waals surface area contributed by atoms with Crippen molar-refractivity contribution in [3.8, 4) is 0 Å². The van der Waals surface area contributed by atoms with Crippen molar-refractivity contribution in [1.82, 2.24) is 10.2 Å². The molecule has 1 atom stereocenters. The van der Waals surface area contributed by atoms with Gasteiger partial charge in [-0.1, -0.05) is 59.2 Å². The molecule has 0 spiro atoms. The third kappa shape index (κ3) is 7.52. The molecule has 0 unspecified atom stereocenters. The van der Waals surface area contributed by atoms with Crippen molar-refractivity contribution in [3.63, 3.8) is 0 Å². The minimum Gasteiger partial charge on any atom is -0.352 e. The fraction of sp³-hybridized carbons (Fsp3) is 0.440. The van der Waals surface area contributed by atoms with Crippen LogP contribution in [0.15, 0.2) is 42.5 Å². The summed E-state index contributed by atoms with van der Waals surface area (Å²) >= 11 is 1.59. The number of nitrogens with one attached hydrogen (secondary N) is 1. The van der Waals surface area contributed by atoms with Crippen molar-refractivity contribution in [2.45, 2.75) is 65.9 Å². The fourth-order valence-corrected chi connectivity index (χ4v) is 4.21. The van der Waals surface area contributed by atoms with Crippen LogP contribution < -0.4 is 5.32 Å². The molecule has 162 valence electrons. The van der Waals surface area contributed by atoms with Crippen LogP contribution in [0.4, 0.5) is 0 Å². The quantitative estimate of drug-likeness (QED) is 0.627. The van der Waals surface area contributed by atoms with E-state index in [1.165, 1.54) is 22.3 Å². The summed E-state index contributed by atoms with van der Waals surface area (Å²) in [5.41, 5.74) is 5.89. The number of nitrogens with zero attached hydrogens (tertiary/aromatic N) is 1. The minimum absolute atomic E-state index is 0.0173.